The van der Waals surface area contributed by atoms with Crippen LogP contribution in [0.15, 0.2) is 35.8 Å². The zero-order valence-corrected chi connectivity index (χ0v) is 8.64. The molecule has 5 nitrogen and oxygen atoms in total. The number of nitrogens with one attached hydrogen (secondary N) is 1. The molecule has 0 aromatic heterocycles. The van der Waals surface area contributed by atoms with E-state index in [1.54, 1.807) is 12.4 Å². The second kappa shape index (κ2) is 4.22. The molecule has 16 heavy (non-hydrogen) atoms. The van der Waals surface area contributed by atoms with Crippen LogP contribution in [0.3, 0.4) is 0 Å². The number of allylic oxidation sites excluding steroid dienone is 2. The lowest BCUT2D eigenvalue weighted by Gasteiger charge is -2.24. The topological polar surface area (TPSA) is 69.6 Å². The molecule has 0 bridgehead atoms. The second-order valence-electron chi connectivity index (χ2n) is 3.60. The van der Waals surface area contributed by atoms with E-state index >= 15 is 0 Å². The number of nitrogens with zero attached hydrogens (tertiary/aromatic N) is 1. The molecule has 2 heterocycles. The molecule has 2 rings (SSSR count). The van der Waals surface area contributed by atoms with Gasteiger partial charge < -0.3 is 10.4 Å². The summed E-state index contributed by atoms with van der Waals surface area (Å²) in [4.78, 5) is 23.8. The molecule has 0 radical (unpaired) electrons. The van der Waals surface area contributed by atoms with Crippen LogP contribution >= 0.6 is 0 Å². The summed E-state index contributed by atoms with van der Waals surface area (Å²) in [7, 11) is 0. The molecule has 2 N–H and O–H groups in total. The van der Waals surface area contributed by atoms with E-state index in [-0.39, 0.29) is 12.5 Å². The van der Waals surface area contributed by atoms with Gasteiger partial charge in [-0.2, -0.15) is 0 Å². The average molecular weight is 220 g/mol. The fourth-order valence-corrected chi connectivity index (χ4v) is 1.77. The van der Waals surface area contributed by atoms with Gasteiger partial charge in [-0.15, -0.1) is 0 Å². The Balaban J connectivity index is 2.32. The van der Waals surface area contributed by atoms with Gasteiger partial charge in [-0.1, -0.05) is 6.08 Å². The van der Waals surface area contributed by atoms with Crippen LogP contribution in [0, 0.1) is 0 Å². The van der Waals surface area contributed by atoms with Crippen LogP contribution < -0.4 is 5.32 Å². The van der Waals surface area contributed by atoms with Crippen molar-refractivity contribution in [1.29, 1.82) is 0 Å². The van der Waals surface area contributed by atoms with Crippen LogP contribution in [0.2, 0.25) is 0 Å². The SMILES string of the molecule is O=C(O)CN1C(=O)CCC=C2C=CNC=C21. The van der Waals surface area contributed by atoms with Crippen molar-refractivity contribution in [2.24, 2.45) is 0 Å². The molecule has 1 amide bonds. The first-order valence-electron chi connectivity index (χ1n) is 5.04. The number of fused-ring (bicyclic) bond motifs is 1. The summed E-state index contributed by atoms with van der Waals surface area (Å²) >= 11 is 0. The highest BCUT2D eigenvalue weighted by atomic mass is 16.4. The molecule has 0 aromatic carbocycles. The maximum atomic E-state index is 11.7. The Morgan fingerprint density at radius 1 is 1.56 bits per heavy atom. The van der Waals surface area contributed by atoms with E-state index in [0.29, 0.717) is 18.5 Å². The molecule has 2 aliphatic heterocycles. The number of hydrogen-bond acceptors (Lipinski definition) is 3. The number of amides is 1. The summed E-state index contributed by atoms with van der Waals surface area (Å²) in [6.45, 7) is -0.294. The molecule has 0 spiro atoms. The predicted molar refractivity (Wildman–Crippen MR) is 57.0 cm³/mol. The Morgan fingerprint density at radius 2 is 2.38 bits per heavy atom. The van der Waals surface area contributed by atoms with Gasteiger partial charge in [0.1, 0.15) is 6.54 Å². The lowest BCUT2D eigenvalue weighted by Crippen LogP contribution is -2.35. The van der Waals surface area contributed by atoms with Gasteiger partial charge in [0.25, 0.3) is 0 Å². The highest BCUT2D eigenvalue weighted by Crippen LogP contribution is 2.24. The third kappa shape index (κ3) is 1.98. The number of carboxylic acid groups (broad SMARTS) is 1. The Bertz CT molecular complexity index is 421. The lowest BCUT2D eigenvalue weighted by atomic mass is 10.1. The standard InChI is InChI=1S/C11H12N2O3/c14-10-3-1-2-8-4-5-12-6-9(8)13(10)7-11(15)16/h2,4-6,12H,1,3,7H2,(H,15,16). The Morgan fingerprint density at radius 3 is 3.12 bits per heavy atom. The van der Waals surface area contributed by atoms with Gasteiger partial charge in [-0.05, 0) is 18.1 Å². The van der Waals surface area contributed by atoms with E-state index in [2.05, 4.69) is 5.32 Å². The summed E-state index contributed by atoms with van der Waals surface area (Å²) in [5.74, 6) is -1.16. The smallest absolute Gasteiger partial charge is 0.323 e. The second-order valence-corrected chi connectivity index (χ2v) is 3.60. The van der Waals surface area contributed by atoms with Gasteiger partial charge in [0.2, 0.25) is 5.91 Å². The van der Waals surface area contributed by atoms with Crippen LogP contribution in [0.5, 0.6) is 0 Å². The van der Waals surface area contributed by atoms with Crippen molar-refractivity contribution < 1.29 is 14.7 Å². The van der Waals surface area contributed by atoms with Crippen LogP contribution in [-0.4, -0.2) is 28.4 Å². The number of carbonyl (C=O) groups is 2. The molecule has 84 valence electrons. The highest BCUT2D eigenvalue weighted by Gasteiger charge is 2.25. The maximum absolute atomic E-state index is 11.7. The number of carbonyl (C=O) groups excluding carboxylic acids is 1. The predicted octanol–water partition coefficient (Wildman–Crippen LogP) is 0.578. The molecular weight excluding hydrogens is 208 g/mol. The zero-order chi connectivity index (χ0) is 11.5. The Kier molecular flexibility index (Phi) is 2.76. The van der Waals surface area contributed by atoms with E-state index in [1.807, 2.05) is 12.2 Å². The molecule has 0 atom stereocenters. The first-order valence-corrected chi connectivity index (χ1v) is 5.04. The third-order valence-corrected chi connectivity index (χ3v) is 2.48. The number of aliphatic carboxylic acids is 1. The molecule has 0 unspecified atom stereocenters. The highest BCUT2D eigenvalue weighted by molar-refractivity contribution is 5.85. The van der Waals surface area contributed by atoms with Crippen molar-refractivity contribution in [1.82, 2.24) is 10.2 Å². The summed E-state index contributed by atoms with van der Waals surface area (Å²) in [6, 6.07) is 0. The third-order valence-electron chi connectivity index (χ3n) is 2.48. The summed E-state index contributed by atoms with van der Waals surface area (Å²) in [6.07, 6.45) is 8.18. The van der Waals surface area contributed by atoms with Crippen molar-refractivity contribution >= 4 is 11.9 Å². The van der Waals surface area contributed by atoms with E-state index in [9.17, 15) is 9.59 Å². The fourth-order valence-electron chi connectivity index (χ4n) is 1.77. The summed E-state index contributed by atoms with van der Waals surface area (Å²) < 4.78 is 0. The molecule has 0 saturated heterocycles. The number of rotatable bonds is 2. The zero-order valence-electron chi connectivity index (χ0n) is 8.64. The first kappa shape index (κ1) is 10.5. The molecule has 0 aromatic rings. The Hall–Kier alpha value is -2.04. The van der Waals surface area contributed by atoms with Gasteiger partial charge in [0.05, 0.1) is 5.70 Å². The number of hydrogen-bond donors (Lipinski definition) is 2. The number of carboxylic acids is 1. The first-order chi connectivity index (χ1) is 7.68. The van der Waals surface area contributed by atoms with E-state index < -0.39 is 5.97 Å². The van der Waals surface area contributed by atoms with Crippen molar-refractivity contribution in [3.63, 3.8) is 0 Å². The van der Waals surface area contributed by atoms with Crippen molar-refractivity contribution in [2.75, 3.05) is 6.54 Å². The van der Waals surface area contributed by atoms with Gasteiger partial charge in [0.15, 0.2) is 0 Å². The quantitative estimate of drug-likeness (QED) is 0.714. The maximum Gasteiger partial charge on any atom is 0.323 e. The largest absolute Gasteiger partial charge is 0.480 e. The minimum absolute atomic E-state index is 0.156. The number of dihydropyridines is 1. The molecule has 5 heteroatoms. The summed E-state index contributed by atoms with van der Waals surface area (Å²) in [5.41, 5.74) is 1.53. The lowest BCUT2D eigenvalue weighted by molar-refractivity contribution is -0.142. The van der Waals surface area contributed by atoms with Crippen molar-refractivity contribution in [2.45, 2.75) is 12.8 Å². The molecular formula is C11H12N2O3. The molecule has 2 aliphatic rings. The van der Waals surface area contributed by atoms with Crippen molar-refractivity contribution in [3.8, 4) is 0 Å². The molecule has 0 fully saturated rings. The monoisotopic (exact) mass is 220 g/mol. The van der Waals surface area contributed by atoms with Gasteiger partial charge >= 0.3 is 5.97 Å². The molecule has 0 saturated carbocycles. The van der Waals surface area contributed by atoms with Gasteiger partial charge in [0, 0.05) is 18.8 Å². The van der Waals surface area contributed by atoms with E-state index in [1.165, 1.54) is 4.90 Å². The summed E-state index contributed by atoms with van der Waals surface area (Å²) in [5, 5.41) is 11.7. The van der Waals surface area contributed by atoms with E-state index in [0.717, 1.165) is 5.57 Å². The van der Waals surface area contributed by atoms with Gasteiger partial charge in [-0.25, -0.2) is 0 Å². The minimum Gasteiger partial charge on any atom is -0.480 e. The minimum atomic E-state index is -1.01. The van der Waals surface area contributed by atoms with Gasteiger partial charge in [-0.3, -0.25) is 14.5 Å². The fraction of sp³-hybridized carbons (Fsp3) is 0.273. The average Bonchev–Trinajstić information content (AvgIpc) is 2.40. The van der Waals surface area contributed by atoms with E-state index in [4.69, 9.17) is 5.11 Å². The van der Waals surface area contributed by atoms with Crippen molar-refractivity contribution in [3.05, 3.63) is 35.8 Å². The normalized spacial score (nSPS) is 19.2. The van der Waals surface area contributed by atoms with Crippen LogP contribution in [0.4, 0.5) is 0 Å². The molecule has 0 aliphatic carbocycles. The van der Waals surface area contributed by atoms with Crippen LogP contribution in [0.1, 0.15) is 12.8 Å². The van der Waals surface area contributed by atoms with Crippen LogP contribution in [0.25, 0.3) is 0 Å². The van der Waals surface area contributed by atoms with Crippen LogP contribution in [-0.2, 0) is 9.59 Å². The Labute approximate surface area is 92.7 Å².